The lowest BCUT2D eigenvalue weighted by Gasteiger charge is -2.48. The minimum absolute atomic E-state index is 0.0395. The molecule has 1 aliphatic carbocycles. The molecule has 2 heterocycles. The van der Waals surface area contributed by atoms with Gasteiger partial charge >= 0.3 is 16.3 Å². The van der Waals surface area contributed by atoms with Gasteiger partial charge in [-0.2, -0.15) is 12.7 Å². The summed E-state index contributed by atoms with van der Waals surface area (Å²) < 4.78 is 47.1. The van der Waals surface area contributed by atoms with Gasteiger partial charge in [0.15, 0.2) is 0 Å². The van der Waals surface area contributed by atoms with Crippen LogP contribution in [0.15, 0.2) is 0 Å². The highest BCUT2D eigenvalue weighted by Crippen LogP contribution is 2.41. The molecule has 0 aromatic carbocycles. The third-order valence-electron chi connectivity index (χ3n) is 5.68. The van der Waals surface area contributed by atoms with E-state index in [-0.39, 0.29) is 25.5 Å². The van der Waals surface area contributed by atoms with Crippen molar-refractivity contribution in [1.29, 1.82) is 0 Å². The van der Waals surface area contributed by atoms with E-state index in [4.69, 9.17) is 4.74 Å². The highest BCUT2D eigenvalue weighted by Gasteiger charge is 2.54. The smallest absolute Gasteiger partial charge is 0.409 e. The van der Waals surface area contributed by atoms with Crippen LogP contribution in [0.2, 0.25) is 0 Å². The molecule has 160 valence electrons. The Morgan fingerprint density at radius 2 is 2.18 bits per heavy atom. The largest absolute Gasteiger partial charge is 0.449 e. The Labute approximate surface area is 162 Å². The molecular formula is C16H26FN3O7S. The maximum atomic E-state index is 15.3. The fourth-order valence-corrected chi connectivity index (χ4v) is 5.58. The number of piperidine rings is 1. The Balaban J connectivity index is 1.69. The molecule has 0 aromatic heterocycles. The van der Waals surface area contributed by atoms with Gasteiger partial charge in [-0.3, -0.25) is 4.79 Å². The predicted octanol–water partition coefficient (Wildman–Crippen LogP) is -1.02. The second kappa shape index (κ2) is 8.09. The number of hydrogen-bond acceptors (Lipinski definition) is 7. The van der Waals surface area contributed by atoms with Crippen molar-refractivity contribution in [2.24, 2.45) is 11.8 Å². The van der Waals surface area contributed by atoms with Gasteiger partial charge in [-0.15, -0.1) is 0 Å². The summed E-state index contributed by atoms with van der Waals surface area (Å²) in [6, 6.07) is -1.38. The number of carbonyl (C=O) groups is 2. The van der Waals surface area contributed by atoms with Crippen LogP contribution in [0.3, 0.4) is 0 Å². The Morgan fingerprint density at radius 3 is 2.79 bits per heavy atom. The highest BCUT2D eigenvalue weighted by molar-refractivity contribution is 7.88. The zero-order valence-electron chi connectivity index (χ0n) is 15.5. The van der Waals surface area contributed by atoms with Crippen LogP contribution in [-0.4, -0.2) is 90.5 Å². The van der Waals surface area contributed by atoms with E-state index < -0.39 is 59.1 Å². The zero-order chi connectivity index (χ0) is 20.6. The average molecular weight is 423 g/mol. The first-order valence-corrected chi connectivity index (χ1v) is 10.8. The van der Waals surface area contributed by atoms with E-state index in [2.05, 4.69) is 0 Å². The van der Waals surface area contributed by atoms with E-state index in [9.17, 15) is 28.2 Å². The number of fused-ring (bicyclic) bond motifs is 1. The molecule has 2 aliphatic heterocycles. The number of hydrogen-bond donors (Lipinski definition) is 3. The molecular weight excluding hydrogens is 397 g/mol. The number of nitrogens with one attached hydrogen (secondary N) is 1. The molecule has 6 atom stereocenters. The normalized spacial score (nSPS) is 36.5. The minimum atomic E-state index is -4.18. The molecule has 3 N–H and O–H groups in total. The van der Waals surface area contributed by atoms with Crippen LogP contribution < -0.4 is 4.72 Å². The number of likely N-dealkylation sites (tertiary alicyclic amines) is 1. The van der Waals surface area contributed by atoms with Crippen LogP contribution in [0.25, 0.3) is 0 Å². The topological polar surface area (TPSA) is 136 Å². The van der Waals surface area contributed by atoms with E-state index in [0.717, 1.165) is 0 Å². The number of halogens is 1. The maximum absolute atomic E-state index is 15.3. The molecule has 0 bridgehead atoms. The summed E-state index contributed by atoms with van der Waals surface area (Å²) in [7, 11) is -4.18. The van der Waals surface area contributed by atoms with Crippen molar-refractivity contribution >= 4 is 22.2 Å². The van der Waals surface area contributed by atoms with Crippen LogP contribution in [-0.2, 0) is 19.7 Å². The summed E-state index contributed by atoms with van der Waals surface area (Å²) in [4.78, 5) is 25.0. The summed E-state index contributed by atoms with van der Waals surface area (Å²) in [5.41, 5.74) is 0. The Kier molecular flexibility index (Phi) is 6.13. The second-order valence-corrected chi connectivity index (χ2v) is 9.35. The number of rotatable bonds is 4. The fourth-order valence-electron chi connectivity index (χ4n) is 4.25. The molecule has 3 fully saturated rings. The first-order chi connectivity index (χ1) is 13.1. The number of aliphatic hydroxyl groups is 2. The van der Waals surface area contributed by atoms with Gasteiger partial charge in [-0.25, -0.2) is 13.9 Å². The number of ether oxygens (including phenoxy) is 1. The average Bonchev–Trinajstić information content (AvgIpc) is 2.86. The Morgan fingerprint density at radius 1 is 1.46 bits per heavy atom. The Hall–Kier alpha value is -1.50. The molecule has 28 heavy (non-hydrogen) atoms. The van der Waals surface area contributed by atoms with E-state index in [0.29, 0.717) is 23.7 Å². The van der Waals surface area contributed by atoms with Gasteiger partial charge in [0.2, 0.25) is 5.91 Å². The lowest BCUT2D eigenvalue weighted by molar-refractivity contribution is -0.120. The predicted molar refractivity (Wildman–Crippen MR) is 93.9 cm³/mol. The van der Waals surface area contributed by atoms with E-state index >= 15 is 4.39 Å². The van der Waals surface area contributed by atoms with Gasteiger partial charge < -0.3 is 19.8 Å². The van der Waals surface area contributed by atoms with Gasteiger partial charge in [0.05, 0.1) is 31.4 Å². The van der Waals surface area contributed by atoms with Crippen molar-refractivity contribution in [2.75, 3.05) is 26.2 Å². The van der Waals surface area contributed by atoms with Crippen molar-refractivity contribution in [3.63, 3.8) is 0 Å². The van der Waals surface area contributed by atoms with Crippen LogP contribution in [0, 0.1) is 11.8 Å². The van der Waals surface area contributed by atoms with Gasteiger partial charge in [-0.05, 0) is 25.7 Å². The van der Waals surface area contributed by atoms with Gasteiger partial charge in [0.1, 0.15) is 6.17 Å². The van der Waals surface area contributed by atoms with E-state index in [1.54, 1.807) is 11.6 Å². The van der Waals surface area contributed by atoms with E-state index in [1.807, 2.05) is 0 Å². The Bertz CT molecular complexity index is 719. The number of carbonyl (C=O) groups excluding carboxylic acids is 2. The van der Waals surface area contributed by atoms with Crippen LogP contribution in [0.4, 0.5) is 9.18 Å². The standard InChI is InChI=1S/C16H26FN3O7S/c1-9(21)3-5-27-16(24)19-4-2-10-6-12(22)15(14(17)11(10)7-19)20-8-13(23)18-28(20,25)26/h9-12,14-15,21-22H,2-8H2,1H3,(H,18,23). The van der Waals surface area contributed by atoms with Gasteiger partial charge in [-0.1, -0.05) is 0 Å². The first-order valence-electron chi connectivity index (χ1n) is 9.34. The molecule has 3 aliphatic rings. The molecule has 12 heteroatoms. The number of nitrogens with zero attached hydrogens (tertiary/aromatic N) is 2. The SMILES string of the molecule is CC(O)CCOC(=O)N1CCC2CC(O)C(N3CC(=O)NS3(=O)=O)C(F)C2C1. The fraction of sp³-hybridized carbons (Fsp3) is 0.875. The molecule has 0 radical (unpaired) electrons. The molecule has 3 rings (SSSR count). The summed E-state index contributed by atoms with van der Waals surface area (Å²) >= 11 is 0. The van der Waals surface area contributed by atoms with Gasteiger partial charge in [0, 0.05) is 25.4 Å². The number of alkyl halides is 1. The molecule has 0 aromatic rings. The monoisotopic (exact) mass is 423 g/mol. The zero-order valence-corrected chi connectivity index (χ0v) is 16.3. The van der Waals surface area contributed by atoms with Crippen LogP contribution in [0.1, 0.15) is 26.2 Å². The van der Waals surface area contributed by atoms with Crippen molar-refractivity contribution in [3.8, 4) is 0 Å². The molecule has 10 nitrogen and oxygen atoms in total. The molecule has 2 amide bonds. The van der Waals surface area contributed by atoms with Crippen LogP contribution >= 0.6 is 0 Å². The lowest BCUT2D eigenvalue weighted by Crippen LogP contribution is -2.61. The molecule has 2 saturated heterocycles. The van der Waals surface area contributed by atoms with Crippen molar-refractivity contribution in [2.45, 2.75) is 50.6 Å². The summed E-state index contributed by atoms with van der Waals surface area (Å²) in [6.45, 7) is 1.47. The third-order valence-corrected chi connectivity index (χ3v) is 7.16. The van der Waals surface area contributed by atoms with Crippen molar-refractivity contribution in [1.82, 2.24) is 13.9 Å². The first kappa shape index (κ1) is 21.2. The minimum Gasteiger partial charge on any atom is -0.449 e. The third kappa shape index (κ3) is 4.24. The second-order valence-electron chi connectivity index (χ2n) is 7.72. The lowest BCUT2D eigenvalue weighted by atomic mass is 9.70. The van der Waals surface area contributed by atoms with Crippen LogP contribution in [0.5, 0.6) is 0 Å². The molecule has 6 unspecified atom stereocenters. The van der Waals surface area contributed by atoms with Crippen molar-refractivity contribution in [3.05, 3.63) is 0 Å². The quantitative estimate of drug-likeness (QED) is 0.526. The van der Waals surface area contributed by atoms with E-state index in [1.165, 1.54) is 4.90 Å². The summed E-state index contributed by atoms with van der Waals surface area (Å²) in [5, 5.41) is 19.6. The summed E-state index contributed by atoms with van der Waals surface area (Å²) in [5.74, 6) is -1.64. The highest BCUT2D eigenvalue weighted by atomic mass is 32.2. The summed E-state index contributed by atoms with van der Waals surface area (Å²) in [6.07, 6.45) is -3.23. The van der Waals surface area contributed by atoms with Gasteiger partial charge in [0.25, 0.3) is 0 Å². The number of aliphatic hydroxyl groups excluding tert-OH is 2. The maximum Gasteiger partial charge on any atom is 0.409 e. The molecule has 1 saturated carbocycles. The van der Waals surface area contributed by atoms with Crippen molar-refractivity contribution < 1.29 is 37.3 Å². The molecule has 0 spiro atoms. The number of amides is 2.